The van der Waals surface area contributed by atoms with Gasteiger partial charge in [0, 0.05) is 44.7 Å². The molecule has 2 heterocycles. The lowest BCUT2D eigenvalue weighted by Gasteiger charge is -2.28. The Balaban J connectivity index is 1.78. The van der Waals surface area contributed by atoms with Gasteiger partial charge in [0.15, 0.2) is 11.5 Å². The van der Waals surface area contributed by atoms with Crippen molar-refractivity contribution >= 4 is 22.6 Å². The Morgan fingerprint density at radius 2 is 1.86 bits per heavy atom. The van der Waals surface area contributed by atoms with Crippen LogP contribution in [0.1, 0.15) is 34.3 Å². The number of anilines is 1. The smallest absolute Gasteiger partial charge is 0.258 e. The maximum absolute atomic E-state index is 14.0. The number of para-hydroxylation sites is 1. The molecule has 192 valence electrons. The molecule has 0 spiro atoms. The van der Waals surface area contributed by atoms with Gasteiger partial charge in [0.05, 0.1) is 38.5 Å². The fourth-order valence-electron chi connectivity index (χ4n) is 4.78. The predicted molar refractivity (Wildman–Crippen MR) is 141 cm³/mol. The van der Waals surface area contributed by atoms with Gasteiger partial charge in [-0.1, -0.05) is 18.2 Å². The molecule has 1 aliphatic heterocycles. The summed E-state index contributed by atoms with van der Waals surface area (Å²) in [5, 5.41) is 1.05. The molecular formula is C28H35N3O5. The number of rotatable bonds is 9. The summed E-state index contributed by atoms with van der Waals surface area (Å²) in [5.74, 6) is 1.90. The number of ether oxygens (including phenoxy) is 4. The molecule has 8 heteroatoms. The SMILES string of the molecule is COc1ccc(C(=O)N(Cc2cc3cccc(C)c3nc2N(C)C)CC2CCCO2)c(OC)c1OC. The number of pyridine rings is 1. The normalized spacial score (nSPS) is 15.1. The number of nitrogens with zero attached hydrogens (tertiary/aromatic N) is 3. The number of fused-ring (bicyclic) bond motifs is 1. The first-order chi connectivity index (χ1) is 17.4. The molecule has 1 saturated heterocycles. The molecule has 1 amide bonds. The number of amides is 1. The molecule has 0 saturated carbocycles. The molecule has 1 atom stereocenters. The Morgan fingerprint density at radius 1 is 1.08 bits per heavy atom. The highest BCUT2D eigenvalue weighted by Gasteiger charge is 2.29. The molecule has 36 heavy (non-hydrogen) atoms. The van der Waals surface area contributed by atoms with Gasteiger partial charge in [-0.05, 0) is 43.5 Å². The second-order valence-electron chi connectivity index (χ2n) is 9.21. The monoisotopic (exact) mass is 493 g/mol. The fourth-order valence-corrected chi connectivity index (χ4v) is 4.78. The van der Waals surface area contributed by atoms with Crippen LogP contribution in [0, 0.1) is 6.92 Å². The summed E-state index contributed by atoms with van der Waals surface area (Å²) in [4.78, 5) is 22.8. The molecule has 0 aliphatic carbocycles. The van der Waals surface area contributed by atoms with Crippen LogP contribution in [0.4, 0.5) is 5.82 Å². The molecule has 4 rings (SSSR count). The summed E-state index contributed by atoms with van der Waals surface area (Å²) in [6, 6.07) is 11.7. The van der Waals surface area contributed by atoms with Crippen LogP contribution in [0.5, 0.6) is 17.2 Å². The predicted octanol–water partition coefficient (Wildman–Crippen LogP) is 4.46. The summed E-state index contributed by atoms with van der Waals surface area (Å²) < 4.78 is 22.5. The number of benzene rings is 2. The van der Waals surface area contributed by atoms with Crippen LogP contribution in [-0.2, 0) is 11.3 Å². The Morgan fingerprint density at radius 3 is 2.50 bits per heavy atom. The number of hydrogen-bond donors (Lipinski definition) is 0. The molecule has 2 aromatic carbocycles. The quantitative estimate of drug-likeness (QED) is 0.436. The Labute approximate surface area is 212 Å². The van der Waals surface area contributed by atoms with Crippen molar-refractivity contribution in [3.05, 3.63) is 53.1 Å². The minimum absolute atomic E-state index is 0.0152. The first-order valence-corrected chi connectivity index (χ1v) is 12.1. The zero-order valence-corrected chi connectivity index (χ0v) is 22.0. The molecule has 0 bridgehead atoms. The third-order valence-electron chi connectivity index (χ3n) is 6.56. The first kappa shape index (κ1) is 25.6. The average molecular weight is 494 g/mol. The van der Waals surface area contributed by atoms with E-state index in [2.05, 4.69) is 25.1 Å². The van der Waals surface area contributed by atoms with Crippen molar-refractivity contribution in [1.82, 2.24) is 9.88 Å². The van der Waals surface area contributed by atoms with Gasteiger partial charge < -0.3 is 28.7 Å². The molecule has 0 N–H and O–H groups in total. The lowest BCUT2D eigenvalue weighted by Crippen LogP contribution is -2.37. The molecule has 3 aromatic rings. The van der Waals surface area contributed by atoms with Crippen LogP contribution >= 0.6 is 0 Å². The molecule has 1 aliphatic rings. The molecule has 1 fully saturated rings. The van der Waals surface area contributed by atoms with E-state index in [1.165, 1.54) is 14.2 Å². The van der Waals surface area contributed by atoms with Crippen molar-refractivity contribution in [2.45, 2.75) is 32.4 Å². The van der Waals surface area contributed by atoms with Gasteiger partial charge in [0.1, 0.15) is 5.82 Å². The lowest BCUT2D eigenvalue weighted by molar-refractivity contribution is 0.0504. The highest BCUT2D eigenvalue weighted by molar-refractivity contribution is 5.98. The number of methoxy groups -OCH3 is 3. The largest absolute Gasteiger partial charge is 0.493 e. The zero-order valence-electron chi connectivity index (χ0n) is 22.0. The maximum atomic E-state index is 14.0. The van der Waals surface area contributed by atoms with E-state index in [4.69, 9.17) is 23.9 Å². The van der Waals surface area contributed by atoms with E-state index in [1.54, 1.807) is 19.2 Å². The van der Waals surface area contributed by atoms with Crippen molar-refractivity contribution in [3.8, 4) is 17.2 Å². The van der Waals surface area contributed by atoms with Crippen molar-refractivity contribution in [1.29, 1.82) is 0 Å². The standard InChI is InChI=1S/C28H35N3O5/c1-18-9-7-10-19-15-20(27(30(2)3)29-24(18)19)16-31(17-21-11-8-14-36-21)28(32)22-12-13-23(33-4)26(35-6)25(22)34-5/h7,9-10,12-13,15,21H,8,11,14,16-17H2,1-6H3. The zero-order chi connectivity index (χ0) is 25.8. The topological polar surface area (TPSA) is 73.4 Å². The van der Waals surface area contributed by atoms with Crippen molar-refractivity contribution < 1.29 is 23.7 Å². The maximum Gasteiger partial charge on any atom is 0.258 e. The van der Waals surface area contributed by atoms with Crippen LogP contribution in [0.2, 0.25) is 0 Å². The van der Waals surface area contributed by atoms with Crippen molar-refractivity contribution in [2.24, 2.45) is 0 Å². The second-order valence-corrected chi connectivity index (χ2v) is 9.21. The average Bonchev–Trinajstić information content (AvgIpc) is 3.39. The second kappa shape index (κ2) is 11.0. The summed E-state index contributed by atoms with van der Waals surface area (Å²) in [5.41, 5.74) is 3.45. The third kappa shape index (κ3) is 5.04. The van der Waals surface area contributed by atoms with Crippen LogP contribution in [0.25, 0.3) is 10.9 Å². The van der Waals surface area contributed by atoms with Crippen molar-refractivity contribution in [3.63, 3.8) is 0 Å². The first-order valence-electron chi connectivity index (χ1n) is 12.1. The number of aromatic nitrogens is 1. The number of hydrogen-bond acceptors (Lipinski definition) is 7. The van der Waals surface area contributed by atoms with E-state index in [0.29, 0.717) is 42.5 Å². The minimum Gasteiger partial charge on any atom is -0.493 e. The molecule has 0 radical (unpaired) electrons. The lowest BCUT2D eigenvalue weighted by atomic mass is 10.1. The van der Waals surface area contributed by atoms with E-state index in [1.807, 2.05) is 30.0 Å². The van der Waals surface area contributed by atoms with Crippen LogP contribution in [0.3, 0.4) is 0 Å². The van der Waals surface area contributed by atoms with Crippen LogP contribution in [-0.4, -0.2) is 70.5 Å². The fraction of sp³-hybridized carbons (Fsp3) is 0.429. The molecule has 1 unspecified atom stereocenters. The van der Waals surface area contributed by atoms with Crippen LogP contribution in [0.15, 0.2) is 36.4 Å². The summed E-state index contributed by atoms with van der Waals surface area (Å²) >= 11 is 0. The van der Waals surface area contributed by atoms with E-state index in [0.717, 1.165) is 40.7 Å². The van der Waals surface area contributed by atoms with Gasteiger partial charge >= 0.3 is 0 Å². The van der Waals surface area contributed by atoms with Crippen LogP contribution < -0.4 is 19.1 Å². The van der Waals surface area contributed by atoms with E-state index in [9.17, 15) is 4.79 Å². The summed E-state index contributed by atoms with van der Waals surface area (Å²) in [7, 11) is 8.56. The van der Waals surface area contributed by atoms with Gasteiger partial charge in [-0.25, -0.2) is 4.98 Å². The summed E-state index contributed by atoms with van der Waals surface area (Å²) in [6.07, 6.45) is 1.90. The minimum atomic E-state index is -0.169. The van der Waals surface area contributed by atoms with E-state index >= 15 is 0 Å². The van der Waals surface area contributed by atoms with E-state index < -0.39 is 0 Å². The molecule has 1 aromatic heterocycles. The number of carbonyl (C=O) groups excluding carboxylic acids is 1. The highest BCUT2D eigenvalue weighted by atomic mass is 16.5. The van der Waals surface area contributed by atoms with Gasteiger partial charge in [0.25, 0.3) is 5.91 Å². The Kier molecular flexibility index (Phi) is 7.84. The van der Waals surface area contributed by atoms with Gasteiger partial charge in [-0.15, -0.1) is 0 Å². The Bertz CT molecular complexity index is 1240. The van der Waals surface area contributed by atoms with Gasteiger partial charge in [-0.3, -0.25) is 4.79 Å². The Hall–Kier alpha value is -3.52. The van der Waals surface area contributed by atoms with Crippen molar-refractivity contribution in [2.75, 3.05) is 53.5 Å². The summed E-state index contributed by atoms with van der Waals surface area (Å²) in [6.45, 7) is 3.62. The highest BCUT2D eigenvalue weighted by Crippen LogP contribution is 2.40. The molecular weight excluding hydrogens is 458 g/mol. The number of carbonyl (C=O) groups is 1. The third-order valence-corrected chi connectivity index (χ3v) is 6.56. The van der Waals surface area contributed by atoms with Gasteiger partial charge in [-0.2, -0.15) is 0 Å². The molecule has 8 nitrogen and oxygen atoms in total. The van der Waals surface area contributed by atoms with E-state index in [-0.39, 0.29) is 12.0 Å². The van der Waals surface area contributed by atoms with Gasteiger partial charge in [0.2, 0.25) is 5.75 Å². The number of aryl methyl sites for hydroxylation is 1.